The zero-order chi connectivity index (χ0) is 10.1. The SMILES string of the molecule is Cc1noc(NS(=O)(=O)C(C)C)n1. The van der Waals surface area contributed by atoms with Crippen LogP contribution in [-0.2, 0) is 10.0 Å². The van der Waals surface area contributed by atoms with Crippen molar-refractivity contribution in [3.05, 3.63) is 5.82 Å². The van der Waals surface area contributed by atoms with Crippen LogP contribution in [0.25, 0.3) is 0 Å². The van der Waals surface area contributed by atoms with E-state index in [1.54, 1.807) is 20.8 Å². The van der Waals surface area contributed by atoms with Gasteiger partial charge in [0.1, 0.15) is 0 Å². The van der Waals surface area contributed by atoms with E-state index in [-0.39, 0.29) is 6.01 Å². The number of sulfonamides is 1. The van der Waals surface area contributed by atoms with Gasteiger partial charge in [-0.3, -0.25) is 0 Å². The minimum atomic E-state index is -3.38. The molecular weight excluding hydrogens is 194 g/mol. The van der Waals surface area contributed by atoms with Gasteiger partial charge in [-0.2, -0.15) is 4.98 Å². The molecule has 7 heteroatoms. The summed E-state index contributed by atoms with van der Waals surface area (Å²) < 4.78 is 29.3. The second-order valence-electron chi connectivity index (χ2n) is 2.84. The summed E-state index contributed by atoms with van der Waals surface area (Å²) in [7, 11) is -3.38. The first-order chi connectivity index (χ1) is 5.92. The lowest BCUT2D eigenvalue weighted by molar-refractivity contribution is 0.429. The molecule has 1 heterocycles. The second-order valence-corrected chi connectivity index (χ2v) is 5.08. The number of aromatic nitrogens is 2. The van der Waals surface area contributed by atoms with E-state index >= 15 is 0 Å². The Morgan fingerprint density at radius 1 is 1.46 bits per heavy atom. The van der Waals surface area contributed by atoms with Crippen molar-refractivity contribution in [1.29, 1.82) is 0 Å². The molecule has 0 fully saturated rings. The van der Waals surface area contributed by atoms with E-state index in [9.17, 15) is 8.42 Å². The lowest BCUT2D eigenvalue weighted by Crippen LogP contribution is -2.22. The van der Waals surface area contributed by atoms with E-state index in [0.29, 0.717) is 5.82 Å². The number of anilines is 1. The normalized spacial score (nSPS) is 12.0. The Labute approximate surface area is 76.4 Å². The van der Waals surface area contributed by atoms with Gasteiger partial charge in [0.05, 0.1) is 5.25 Å². The quantitative estimate of drug-likeness (QED) is 0.777. The van der Waals surface area contributed by atoms with Crippen LogP contribution >= 0.6 is 0 Å². The minimum absolute atomic E-state index is 0.0915. The van der Waals surface area contributed by atoms with Gasteiger partial charge in [0, 0.05) is 0 Å². The summed E-state index contributed by atoms with van der Waals surface area (Å²) in [4.78, 5) is 3.71. The molecule has 1 aromatic rings. The molecule has 0 aromatic carbocycles. The average molecular weight is 205 g/mol. The molecule has 0 unspecified atom stereocenters. The topological polar surface area (TPSA) is 85.1 Å². The first kappa shape index (κ1) is 9.97. The fourth-order valence-corrected chi connectivity index (χ4v) is 1.14. The van der Waals surface area contributed by atoms with E-state index in [1.165, 1.54) is 0 Å². The maximum absolute atomic E-state index is 11.3. The van der Waals surface area contributed by atoms with Crippen LogP contribution in [0.4, 0.5) is 6.01 Å². The Morgan fingerprint density at radius 2 is 2.08 bits per heavy atom. The van der Waals surface area contributed by atoms with Crippen LogP contribution in [0.5, 0.6) is 0 Å². The third kappa shape index (κ3) is 2.41. The van der Waals surface area contributed by atoms with Crippen molar-refractivity contribution in [2.75, 3.05) is 4.72 Å². The first-order valence-corrected chi connectivity index (χ1v) is 5.28. The smallest absolute Gasteiger partial charge is 0.314 e. The predicted octanol–water partition coefficient (Wildman–Crippen LogP) is 0.528. The summed E-state index contributed by atoms with van der Waals surface area (Å²) in [6.07, 6.45) is 0. The highest BCUT2D eigenvalue weighted by Gasteiger charge is 2.18. The van der Waals surface area contributed by atoms with Crippen LogP contribution in [-0.4, -0.2) is 23.8 Å². The average Bonchev–Trinajstić information content (AvgIpc) is 2.34. The van der Waals surface area contributed by atoms with E-state index in [0.717, 1.165) is 0 Å². The third-order valence-corrected chi connectivity index (χ3v) is 3.08. The Morgan fingerprint density at radius 3 is 2.46 bits per heavy atom. The van der Waals surface area contributed by atoms with Crippen molar-refractivity contribution in [2.45, 2.75) is 26.0 Å². The highest BCUT2D eigenvalue weighted by molar-refractivity contribution is 7.93. The van der Waals surface area contributed by atoms with Crippen molar-refractivity contribution in [1.82, 2.24) is 10.1 Å². The lowest BCUT2D eigenvalue weighted by atomic mass is 10.6. The first-order valence-electron chi connectivity index (χ1n) is 3.74. The summed E-state index contributed by atoms with van der Waals surface area (Å²) in [5.74, 6) is 0.390. The van der Waals surface area contributed by atoms with Gasteiger partial charge in [-0.15, -0.1) is 0 Å². The van der Waals surface area contributed by atoms with Gasteiger partial charge in [0.25, 0.3) is 0 Å². The number of nitrogens with zero attached hydrogens (tertiary/aromatic N) is 2. The molecular formula is C6H11N3O3S. The lowest BCUT2D eigenvalue weighted by Gasteiger charge is -2.05. The maximum Gasteiger partial charge on any atom is 0.335 e. The van der Waals surface area contributed by atoms with Crippen LogP contribution in [0, 0.1) is 6.92 Å². The molecule has 0 aliphatic carbocycles. The molecule has 0 aliphatic rings. The molecule has 13 heavy (non-hydrogen) atoms. The Kier molecular flexibility index (Phi) is 2.55. The van der Waals surface area contributed by atoms with E-state index in [1.807, 2.05) is 0 Å². The number of rotatable bonds is 3. The summed E-state index contributed by atoms with van der Waals surface area (Å²) >= 11 is 0. The van der Waals surface area contributed by atoms with Crippen molar-refractivity contribution in [2.24, 2.45) is 0 Å². The van der Waals surface area contributed by atoms with Crippen molar-refractivity contribution in [3.63, 3.8) is 0 Å². The Balaban J connectivity index is 2.81. The summed E-state index contributed by atoms with van der Waals surface area (Å²) in [6, 6.07) is -0.0915. The molecule has 0 spiro atoms. The maximum atomic E-state index is 11.3. The number of nitrogens with one attached hydrogen (secondary N) is 1. The van der Waals surface area contributed by atoms with Crippen LogP contribution in [0.15, 0.2) is 4.52 Å². The molecule has 1 aromatic heterocycles. The van der Waals surface area contributed by atoms with E-state index in [2.05, 4.69) is 19.4 Å². The summed E-state index contributed by atoms with van der Waals surface area (Å²) in [5.41, 5.74) is 0. The molecule has 1 N–H and O–H groups in total. The van der Waals surface area contributed by atoms with Gasteiger partial charge in [-0.1, -0.05) is 5.16 Å². The van der Waals surface area contributed by atoms with Crippen LogP contribution in [0.1, 0.15) is 19.7 Å². The van der Waals surface area contributed by atoms with Gasteiger partial charge in [0.2, 0.25) is 10.0 Å². The summed E-state index contributed by atoms with van der Waals surface area (Å²) in [6.45, 7) is 4.73. The predicted molar refractivity (Wildman–Crippen MR) is 46.7 cm³/mol. The monoisotopic (exact) mass is 205 g/mol. The second kappa shape index (κ2) is 3.33. The molecule has 0 aliphatic heterocycles. The Hall–Kier alpha value is -1.11. The molecule has 6 nitrogen and oxygen atoms in total. The van der Waals surface area contributed by atoms with E-state index in [4.69, 9.17) is 0 Å². The molecule has 0 saturated heterocycles. The molecule has 74 valence electrons. The molecule has 0 atom stereocenters. The van der Waals surface area contributed by atoms with Gasteiger partial charge >= 0.3 is 6.01 Å². The van der Waals surface area contributed by atoms with Gasteiger partial charge in [0.15, 0.2) is 5.82 Å². The van der Waals surface area contributed by atoms with E-state index < -0.39 is 15.3 Å². The molecule has 0 radical (unpaired) electrons. The largest absolute Gasteiger partial charge is 0.335 e. The number of hydrogen-bond donors (Lipinski definition) is 1. The molecule has 0 saturated carbocycles. The van der Waals surface area contributed by atoms with Crippen molar-refractivity contribution in [3.8, 4) is 0 Å². The molecule has 1 rings (SSSR count). The van der Waals surface area contributed by atoms with Crippen molar-refractivity contribution >= 4 is 16.0 Å². The number of aryl methyl sites for hydroxylation is 1. The highest BCUT2D eigenvalue weighted by atomic mass is 32.2. The van der Waals surface area contributed by atoms with Gasteiger partial charge < -0.3 is 4.52 Å². The van der Waals surface area contributed by atoms with Crippen LogP contribution < -0.4 is 4.72 Å². The zero-order valence-corrected chi connectivity index (χ0v) is 8.42. The third-order valence-electron chi connectivity index (χ3n) is 1.38. The Bertz CT molecular complexity index is 382. The van der Waals surface area contributed by atoms with Gasteiger partial charge in [-0.25, -0.2) is 13.1 Å². The minimum Gasteiger partial charge on any atom is -0.314 e. The highest BCUT2D eigenvalue weighted by Crippen LogP contribution is 2.08. The standard InChI is InChI=1S/C6H11N3O3S/c1-4(2)13(10,11)9-6-7-5(3)8-12-6/h4H,1-3H3,(H,7,8,9). The molecule has 0 amide bonds. The fourth-order valence-electron chi connectivity index (χ4n) is 0.578. The van der Waals surface area contributed by atoms with Crippen molar-refractivity contribution < 1.29 is 12.9 Å². The summed E-state index contributed by atoms with van der Waals surface area (Å²) in [5, 5.41) is 2.92. The number of hydrogen-bond acceptors (Lipinski definition) is 5. The van der Waals surface area contributed by atoms with Crippen LogP contribution in [0.3, 0.4) is 0 Å². The fraction of sp³-hybridized carbons (Fsp3) is 0.667. The van der Waals surface area contributed by atoms with Gasteiger partial charge in [-0.05, 0) is 20.8 Å². The molecule has 0 bridgehead atoms. The van der Waals surface area contributed by atoms with Crippen LogP contribution in [0.2, 0.25) is 0 Å². The zero-order valence-electron chi connectivity index (χ0n) is 7.60.